The molecule has 0 bridgehead atoms. The van der Waals surface area contributed by atoms with E-state index in [4.69, 9.17) is 5.73 Å². The van der Waals surface area contributed by atoms with Crippen LogP contribution in [0.5, 0.6) is 5.75 Å². The molecule has 116 valence electrons. The van der Waals surface area contributed by atoms with Crippen molar-refractivity contribution in [3.8, 4) is 5.75 Å². The highest BCUT2D eigenvalue weighted by Gasteiger charge is 2.17. The van der Waals surface area contributed by atoms with Crippen LogP contribution >= 0.6 is 0 Å². The highest BCUT2D eigenvalue weighted by atomic mass is 16.3. The molecule has 0 spiro atoms. The zero-order valence-electron chi connectivity index (χ0n) is 12.0. The first kappa shape index (κ1) is 17.0. The molecule has 6 N–H and O–H groups in total. The third-order valence-corrected chi connectivity index (χ3v) is 2.74. The van der Waals surface area contributed by atoms with Crippen molar-refractivity contribution < 1.29 is 15.0 Å². The van der Waals surface area contributed by atoms with Crippen LogP contribution in [0.2, 0.25) is 0 Å². The molecule has 0 aromatic carbocycles. The number of aliphatic hydroxyl groups is 1. The quantitative estimate of drug-likeness (QED) is 0.235. The van der Waals surface area contributed by atoms with Gasteiger partial charge >= 0.3 is 0 Å². The van der Waals surface area contributed by atoms with Crippen molar-refractivity contribution in [2.24, 2.45) is 10.7 Å². The van der Waals surface area contributed by atoms with Crippen LogP contribution in [-0.4, -0.2) is 53.6 Å². The first-order valence-electron chi connectivity index (χ1n) is 6.60. The highest BCUT2D eigenvalue weighted by Crippen LogP contribution is 2.23. The van der Waals surface area contributed by atoms with Crippen LogP contribution in [0, 0.1) is 6.92 Å². The number of hydrogen-bond acceptors (Lipinski definition) is 7. The number of carbonyl (C=O) groups is 1. The second-order valence-electron chi connectivity index (χ2n) is 4.30. The Labute approximate surface area is 123 Å². The number of carbonyl (C=O) groups excluding carboxylic acids is 1. The Morgan fingerprint density at radius 1 is 1.52 bits per heavy atom. The van der Waals surface area contributed by atoms with Crippen LogP contribution in [0.15, 0.2) is 11.2 Å². The van der Waals surface area contributed by atoms with Crippen LogP contribution in [0.3, 0.4) is 0 Å². The largest absolute Gasteiger partial charge is 0.505 e. The molecule has 1 aromatic rings. The van der Waals surface area contributed by atoms with Gasteiger partial charge in [0.2, 0.25) is 0 Å². The van der Waals surface area contributed by atoms with Gasteiger partial charge in [0.05, 0.1) is 30.7 Å². The van der Waals surface area contributed by atoms with Crippen LogP contribution in [0.1, 0.15) is 21.6 Å². The first-order chi connectivity index (χ1) is 10.1. The number of aliphatic hydroxyl groups excluding tert-OH is 1. The Kier molecular flexibility index (Phi) is 7.30. The summed E-state index contributed by atoms with van der Waals surface area (Å²) < 4.78 is 0. The summed E-state index contributed by atoms with van der Waals surface area (Å²) in [5, 5.41) is 24.6. The van der Waals surface area contributed by atoms with E-state index in [9.17, 15) is 15.0 Å². The molecular weight excluding hydrogens is 274 g/mol. The van der Waals surface area contributed by atoms with Crippen molar-refractivity contribution in [2.45, 2.75) is 13.5 Å². The van der Waals surface area contributed by atoms with Gasteiger partial charge in [0.1, 0.15) is 5.75 Å². The van der Waals surface area contributed by atoms with Crippen molar-refractivity contribution in [2.75, 3.05) is 26.2 Å². The molecule has 0 unspecified atom stereocenters. The molecule has 8 heteroatoms. The fourth-order valence-corrected chi connectivity index (χ4v) is 1.62. The van der Waals surface area contributed by atoms with Gasteiger partial charge < -0.3 is 26.6 Å². The summed E-state index contributed by atoms with van der Waals surface area (Å²) in [5.41, 5.74) is 5.91. The number of pyridine rings is 1. The molecule has 0 radical (unpaired) electrons. The molecule has 1 aromatic heterocycles. The Morgan fingerprint density at radius 3 is 2.95 bits per heavy atom. The predicted octanol–water partition coefficient (Wildman–Crippen LogP) is -1.11. The number of aromatic hydroxyl groups is 1. The number of hydrogen-bond donors (Lipinski definition) is 5. The lowest BCUT2D eigenvalue weighted by molar-refractivity contribution is 0.0972. The van der Waals surface area contributed by atoms with E-state index in [-0.39, 0.29) is 23.5 Å². The van der Waals surface area contributed by atoms with E-state index in [1.54, 1.807) is 6.92 Å². The van der Waals surface area contributed by atoms with Gasteiger partial charge in [0.25, 0.3) is 5.91 Å². The molecule has 1 heterocycles. The SMILES string of the molecule is Cc1ncc(CO)c(C(=O)NC=NCCNCCN)c1O. The summed E-state index contributed by atoms with van der Waals surface area (Å²) in [6, 6.07) is 0. The van der Waals surface area contributed by atoms with Gasteiger partial charge in [-0.3, -0.25) is 14.8 Å². The van der Waals surface area contributed by atoms with E-state index in [1.165, 1.54) is 12.5 Å². The topological polar surface area (TPSA) is 133 Å². The minimum atomic E-state index is -0.541. The highest BCUT2D eigenvalue weighted by molar-refractivity contribution is 6.03. The molecular formula is C13H21N5O3. The average molecular weight is 295 g/mol. The summed E-state index contributed by atoms with van der Waals surface area (Å²) in [6.07, 6.45) is 2.63. The molecule has 0 atom stereocenters. The van der Waals surface area contributed by atoms with Gasteiger partial charge in [0.15, 0.2) is 0 Å². The number of rotatable bonds is 8. The lowest BCUT2D eigenvalue weighted by atomic mass is 10.1. The van der Waals surface area contributed by atoms with Gasteiger partial charge in [-0.2, -0.15) is 0 Å². The van der Waals surface area contributed by atoms with Crippen LogP contribution in [0.4, 0.5) is 0 Å². The van der Waals surface area contributed by atoms with Crippen molar-refractivity contribution in [1.29, 1.82) is 0 Å². The molecule has 0 aliphatic carbocycles. The number of aromatic nitrogens is 1. The lowest BCUT2D eigenvalue weighted by Gasteiger charge is -2.09. The normalized spacial score (nSPS) is 11.0. The first-order valence-corrected chi connectivity index (χ1v) is 6.60. The standard InChI is InChI=1S/C13H21N5O3/c1-9-12(20)11(10(7-19)6-17-9)13(21)18-8-16-5-4-15-3-2-14/h6,8,15,19-20H,2-5,7,14H2,1H3,(H,16,18,21). The predicted molar refractivity (Wildman–Crippen MR) is 79.3 cm³/mol. The molecule has 8 nitrogen and oxygen atoms in total. The summed E-state index contributed by atoms with van der Waals surface area (Å²) in [6.45, 7) is 3.62. The molecule has 1 amide bonds. The lowest BCUT2D eigenvalue weighted by Crippen LogP contribution is -2.26. The number of amides is 1. The van der Waals surface area contributed by atoms with Crippen LogP contribution < -0.4 is 16.4 Å². The maximum Gasteiger partial charge on any atom is 0.260 e. The number of aryl methyl sites for hydroxylation is 1. The second-order valence-corrected chi connectivity index (χ2v) is 4.30. The summed E-state index contributed by atoms with van der Waals surface area (Å²) in [4.78, 5) is 19.9. The number of nitrogens with one attached hydrogen (secondary N) is 2. The van der Waals surface area contributed by atoms with Crippen molar-refractivity contribution in [3.05, 3.63) is 23.0 Å². The van der Waals surface area contributed by atoms with E-state index >= 15 is 0 Å². The summed E-state index contributed by atoms with van der Waals surface area (Å²) in [7, 11) is 0. The van der Waals surface area contributed by atoms with E-state index in [1.807, 2.05) is 0 Å². The number of nitrogens with zero attached hydrogens (tertiary/aromatic N) is 2. The Morgan fingerprint density at radius 2 is 2.29 bits per heavy atom. The van der Waals surface area contributed by atoms with Crippen LogP contribution in [-0.2, 0) is 6.61 Å². The molecule has 0 saturated carbocycles. The van der Waals surface area contributed by atoms with E-state index < -0.39 is 5.91 Å². The minimum absolute atomic E-state index is 0.0118. The zero-order valence-corrected chi connectivity index (χ0v) is 12.0. The van der Waals surface area contributed by atoms with Gasteiger partial charge in [-0.15, -0.1) is 0 Å². The van der Waals surface area contributed by atoms with Gasteiger partial charge in [-0.05, 0) is 6.92 Å². The van der Waals surface area contributed by atoms with Gasteiger partial charge in [-0.25, -0.2) is 0 Å². The Bertz CT molecular complexity index is 505. The van der Waals surface area contributed by atoms with Gasteiger partial charge in [-0.1, -0.05) is 0 Å². The van der Waals surface area contributed by atoms with E-state index in [0.29, 0.717) is 31.9 Å². The summed E-state index contributed by atoms with van der Waals surface area (Å²) in [5.74, 6) is -0.780. The fourth-order valence-electron chi connectivity index (χ4n) is 1.62. The van der Waals surface area contributed by atoms with Crippen LogP contribution in [0.25, 0.3) is 0 Å². The van der Waals surface area contributed by atoms with Gasteiger partial charge in [0, 0.05) is 31.4 Å². The zero-order chi connectivity index (χ0) is 15.7. The summed E-state index contributed by atoms with van der Waals surface area (Å²) >= 11 is 0. The Balaban J connectivity index is 2.60. The molecule has 0 fully saturated rings. The third kappa shape index (κ3) is 5.10. The molecule has 0 aliphatic rings. The fraction of sp³-hybridized carbons (Fsp3) is 0.462. The van der Waals surface area contributed by atoms with E-state index in [2.05, 4.69) is 20.6 Å². The second kappa shape index (κ2) is 9.01. The third-order valence-electron chi connectivity index (χ3n) is 2.74. The monoisotopic (exact) mass is 295 g/mol. The van der Waals surface area contributed by atoms with Crippen molar-refractivity contribution in [1.82, 2.24) is 15.6 Å². The smallest absolute Gasteiger partial charge is 0.260 e. The molecule has 0 saturated heterocycles. The maximum absolute atomic E-state index is 12.0. The molecule has 21 heavy (non-hydrogen) atoms. The van der Waals surface area contributed by atoms with Crippen molar-refractivity contribution >= 4 is 12.2 Å². The number of nitrogens with two attached hydrogens (primary N) is 1. The maximum atomic E-state index is 12.0. The Hall–Kier alpha value is -2.03. The average Bonchev–Trinajstić information content (AvgIpc) is 2.48. The minimum Gasteiger partial charge on any atom is -0.505 e. The van der Waals surface area contributed by atoms with Crippen molar-refractivity contribution in [3.63, 3.8) is 0 Å². The molecule has 1 rings (SSSR count). The number of aliphatic imine (C=N–C) groups is 1. The van der Waals surface area contributed by atoms with E-state index in [0.717, 1.165) is 0 Å². The molecule has 0 aliphatic heterocycles.